The van der Waals surface area contributed by atoms with E-state index in [9.17, 15) is 22.0 Å². The van der Waals surface area contributed by atoms with Gasteiger partial charge in [0.05, 0.1) is 10.6 Å². The monoisotopic (exact) mass is 354 g/mol. The van der Waals surface area contributed by atoms with Crippen LogP contribution in [-0.2, 0) is 10.0 Å². The molecule has 2 aromatic rings. The molecule has 0 atom stereocenters. The first kappa shape index (κ1) is 18.0. The summed E-state index contributed by atoms with van der Waals surface area (Å²) in [5.74, 6) is -2.14. The van der Waals surface area contributed by atoms with Crippen molar-refractivity contribution in [1.82, 2.24) is 4.72 Å². The van der Waals surface area contributed by atoms with Crippen LogP contribution in [0.3, 0.4) is 0 Å². The number of rotatable bonds is 5. The zero-order valence-electron chi connectivity index (χ0n) is 13.0. The van der Waals surface area contributed by atoms with Gasteiger partial charge < -0.3 is 5.32 Å². The van der Waals surface area contributed by atoms with Crippen molar-refractivity contribution in [3.8, 4) is 0 Å². The number of hydrogen-bond acceptors (Lipinski definition) is 3. The molecule has 128 valence electrons. The average molecular weight is 354 g/mol. The second-order valence-corrected chi connectivity index (χ2v) is 7.09. The maximum Gasteiger partial charge on any atom is 0.255 e. The predicted octanol–water partition coefficient (Wildman–Crippen LogP) is 2.90. The highest BCUT2D eigenvalue weighted by Gasteiger charge is 2.16. The molecule has 1 amide bonds. The Morgan fingerprint density at radius 1 is 1.04 bits per heavy atom. The number of carbonyl (C=O) groups is 1. The summed E-state index contributed by atoms with van der Waals surface area (Å²) < 4.78 is 53.0. The van der Waals surface area contributed by atoms with E-state index in [4.69, 9.17) is 0 Å². The fourth-order valence-electron chi connectivity index (χ4n) is 1.95. The molecule has 0 saturated carbocycles. The smallest absolute Gasteiger partial charge is 0.255 e. The lowest BCUT2D eigenvalue weighted by molar-refractivity contribution is 0.102. The molecule has 24 heavy (non-hydrogen) atoms. The van der Waals surface area contributed by atoms with Crippen molar-refractivity contribution in [3.63, 3.8) is 0 Å². The number of hydrogen-bond donors (Lipinski definition) is 2. The molecule has 5 nitrogen and oxygen atoms in total. The van der Waals surface area contributed by atoms with Crippen molar-refractivity contribution >= 4 is 21.6 Å². The van der Waals surface area contributed by atoms with Crippen molar-refractivity contribution < 1.29 is 22.0 Å². The van der Waals surface area contributed by atoms with E-state index in [0.717, 1.165) is 18.2 Å². The maximum atomic E-state index is 13.5. The zero-order chi connectivity index (χ0) is 17.9. The molecule has 0 aliphatic rings. The first-order chi connectivity index (χ1) is 11.2. The van der Waals surface area contributed by atoms with Gasteiger partial charge in [0, 0.05) is 17.7 Å². The largest absolute Gasteiger partial charge is 0.319 e. The molecule has 0 spiro atoms. The minimum Gasteiger partial charge on any atom is -0.319 e. The van der Waals surface area contributed by atoms with Gasteiger partial charge in [-0.3, -0.25) is 4.79 Å². The zero-order valence-corrected chi connectivity index (χ0v) is 13.8. The van der Waals surface area contributed by atoms with E-state index >= 15 is 0 Å². The van der Waals surface area contributed by atoms with E-state index in [1.54, 1.807) is 13.8 Å². The Labute approximate surface area is 138 Å². The highest BCUT2D eigenvalue weighted by atomic mass is 32.2. The fraction of sp³-hybridized carbons (Fsp3) is 0.188. The summed E-state index contributed by atoms with van der Waals surface area (Å²) in [5, 5.41) is 2.24. The summed E-state index contributed by atoms with van der Waals surface area (Å²) in [5.41, 5.74) is -0.180. The lowest BCUT2D eigenvalue weighted by Gasteiger charge is -2.10. The molecular weight excluding hydrogens is 338 g/mol. The summed E-state index contributed by atoms with van der Waals surface area (Å²) >= 11 is 0. The third kappa shape index (κ3) is 4.36. The van der Waals surface area contributed by atoms with Gasteiger partial charge in [-0.05, 0) is 50.2 Å². The van der Waals surface area contributed by atoms with Crippen LogP contribution in [0.25, 0.3) is 0 Å². The van der Waals surface area contributed by atoms with E-state index in [-0.39, 0.29) is 22.2 Å². The van der Waals surface area contributed by atoms with Crippen LogP contribution in [0.1, 0.15) is 24.2 Å². The minimum atomic E-state index is -3.66. The van der Waals surface area contributed by atoms with Gasteiger partial charge in [0.2, 0.25) is 10.0 Å². The number of carbonyl (C=O) groups excluding carboxylic acids is 1. The summed E-state index contributed by atoms with van der Waals surface area (Å²) in [4.78, 5) is 12.1. The van der Waals surface area contributed by atoms with Crippen molar-refractivity contribution in [2.24, 2.45) is 0 Å². The number of halogens is 2. The molecule has 2 N–H and O–H groups in total. The molecular formula is C16H16F2N2O3S. The number of benzene rings is 2. The molecule has 0 heterocycles. The van der Waals surface area contributed by atoms with Crippen LogP contribution in [-0.4, -0.2) is 20.4 Å². The lowest BCUT2D eigenvalue weighted by atomic mass is 10.2. The van der Waals surface area contributed by atoms with Gasteiger partial charge in [-0.15, -0.1) is 0 Å². The van der Waals surface area contributed by atoms with E-state index < -0.39 is 27.6 Å². The van der Waals surface area contributed by atoms with Crippen molar-refractivity contribution in [1.29, 1.82) is 0 Å². The van der Waals surface area contributed by atoms with Crippen LogP contribution in [0.4, 0.5) is 14.5 Å². The van der Waals surface area contributed by atoms with Crippen LogP contribution in [0.5, 0.6) is 0 Å². The van der Waals surface area contributed by atoms with Crippen LogP contribution in [0.15, 0.2) is 47.4 Å². The summed E-state index contributed by atoms with van der Waals surface area (Å²) in [6, 6.07) is 7.55. The molecule has 0 aliphatic carbocycles. The number of sulfonamides is 1. The van der Waals surface area contributed by atoms with Gasteiger partial charge in [-0.1, -0.05) is 0 Å². The van der Waals surface area contributed by atoms with Crippen LogP contribution >= 0.6 is 0 Å². The molecule has 8 heteroatoms. The second kappa shape index (κ2) is 7.06. The minimum absolute atomic E-state index is 0.00434. The SMILES string of the molecule is CC(C)NS(=O)(=O)c1ccc(C(=O)Nc2cc(F)ccc2F)cc1. The quantitative estimate of drug-likeness (QED) is 0.867. The summed E-state index contributed by atoms with van der Waals surface area (Å²) in [7, 11) is -3.66. The van der Waals surface area contributed by atoms with Gasteiger partial charge >= 0.3 is 0 Å². The average Bonchev–Trinajstić information content (AvgIpc) is 2.50. The number of anilines is 1. The van der Waals surface area contributed by atoms with Gasteiger partial charge in [0.1, 0.15) is 11.6 Å². The summed E-state index contributed by atoms with van der Waals surface area (Å²) in [6.45, 7) is 3.37. The van der Waals surface area contributed by atoms with Crippen molar-refractivity contribution in [2.75, 3.05) is 5.32 Å². The Morgan fingerprint density at radius 3 is 2.25 bits per heavy atom. The summed E-state index contributed by atoms with van der Waals surface area (Å²) in [6.07, 6.45) is 0. The highest BCUT2D eigenvalue weighted by Crippen LogP contribution is 2.17. The molecule has 0 bridgehead atoms. The van der Waals surface area contributed by atoms with E-state index in [1.165, 1.54) is 24.3 Å². The normalized spacial score (nSPS) is 11.5. The molecule has 0 aliphatic heterocycles. The third-order valence-corrected chi connectivity index (χ3v) is 4.67. The Morgan fingerprint density at radius 2 is 1.67 bits per heavy atom. The Bertz CT molecular complexity index is 850. The molecule has 0 radical (unpaired) electrons. The molecule has 0 saturated heterocycles. The van der Waals surface area contributed by atoms with Crippen molar-refractivity contribution in [3.05, 3.63) is 59.7 Å². The first-order valence-electron chi connectivity index (χ1n) is 7.08. The van der Waals surface area contributed by atoms with E-state index in [1.807, 2.05) is 0 Å². The molecule has 2 aromatic carbocycles. The molecule has 0 fully saturated rings. The van der Waals surface area contributed by atoms with Gasteiger partial charge in [0.15, 0.2) is 0 Å². The number of nitrogens with one attached hydrogen (secondary N) is 2. The van der Waals surface area contributed by atoms with Crippen LogP contribution < -0.4 is 10.0 Å². The molecule has 0 unspecified atom stereocenters. The van der Waals surface area contributed by atoms with E-state index in [2.05, 4.69) is 10.0 Å². The molecule has 2 rings (SSSR count). The van der Waals surface area contributed by atoms with Gasteiger partial charge in [-0.25, -0.2) is 21.9 Å². The Kier molecular flexibility index (Phi) is 5.30. The predicted molar refractivity (Wildman–Crippen MR) is 86.2 cm³/mol. The van der Waals surface area contributed by atoms with Gasteiger partial charge in [0.25, 0.3) is 5.91 Å². The fourth-order valence-corrected chi connectivity index (χ4v) is 3.20. The Hall–Kier alpha value is -2.32. The van der Waals surface area contributed by atoms with Crippen LogP contribution in [0, 0.1) is 11.6 Å². The third-order valence-electron chi connectivity index (χ3n) is 2.99. The maximum absolute atomic E-state index is 13.5. The Balaban J connectivity index is 2.18. The van der Waals surface area contributed by atoms with E-state index in [0.29, 0.717) is 0 Å². The topological polar surface area (TPSA) is 75.3 Å². The first-order valence-corrected chi connectivity index (χ1v) is 8.56. The molecule has 0 aromatic heterocycles. The number of amides is 1. The van der Waals surface area contributed by atoms with Gasteiger partial charge in [-0.2, -0.15) is 0 Å². The van der Waals surface area contributed by atoms with Crippen molar-refractivity contribution in [2.45, 2.75) is 24.8 Å². The second-order valence-electron chi connectivity index (χ2n) is 5.38. The standard InChI is InChI=1S/C16H16F2N2O3S/c1-10(2)20-24(22,23)13-6-3-11(4-7-13)16(21)19-15-9-12(17)5-8-14(15)18/h3-10,20H,1-2H3,(H,19,21). The van der Waals surface area contributed by atoms with Crippen LogP contribution in [0.2, 0.25) is 0 Å². The highest BCUT2D eigenvalue weighted by molar-refractivity contribution is 7.89. The lowest BCUT2D eigenvalue weighted by Crippen LogP contribution is -2.30.